The first-order chi connectivity index (χ1) is 9.04. The summed E-state index contributed by atoms with van der Waals surface area (Å²) in [6, 6.07) is 2.33. The van der Waals surface area contributed by atoms with Gasteiger partial charge in [-0.1, -0.05) is 26.7 Å². The number of hydrogen-bond acceptors (Lipinski definition) is 2. The summed E-state index contributed by atoms with van der Waals surface area (Å²) in [5.74, 6) is 1.85. The van der Waals surface area contributed by atoms with Gasteiger partial charge in [0.25, 0.3) is 0 Å². The van der Waals surface area contributed by atoms with Gasteiger partial charge in [0.2, 0.25) is 0 Å². The molecular formula is C17H34N2. The van der Waals surface area contributed by atoms with E-state index in [0.29, 0.717) is 0 Å². The molecule has 4 atom stereocenters. The Kier molecular flexibility index (Phi) is 5.70. The van der Waals surface area contributed by atoms with Gasteiger partial charge in [0, 0.05) is 18.1 Å². The molecule has 4 unspecified atom stereocenters. The van der Waals surface area contributed by atoms with Crippen molar-refractivity contribution in [2.24, 2.45) is 11.8 Å². The fourth-order valence-corrected chi connectivity index (χ4v) is 4.10. The Balaban J connectivity index is 1.76. The van der Waals surface area contributed by atoms with Crippen molar-refractivity contribution in [2.45, 2.75) is 83.8 Å². The highest BCUT2D eigenvalue weighted by molar-refractivity contribution is 4.86. The molecule has 1 heterocycles. The predicted molar refractivity (Wildman–Crippen MR) is 83.5 cm³/mol. The minimum absolute atomic E-state index is 0.751. The van der Waals surface area contributed by atoms with Gasteiger partial charge in [0.15, 0.2) is 0 Å². The third-order valence-electron chi connectivity index (χ3n) is 5.27. The maximum absolute atomic E-state index is 3.99. The maximum atomic E-state index is 3.99. The lowest BCUT2D eigenvalue weighted by atomic mass is 9.80. The smallest absolute Gasteiger partial charge is 0.00966 e. The second-order valence-electron chi connectivity index (χ2n) is 7.58. The molecule has 19 heavy (non-hydrogen) atoms. The fraction of sp³-hybridized carbons (Fsp3) is 1.00. The Hall–Kier alpha value is -0.0800. The van der Waals surface area contributed by atoms with Gasteiger partial charge in [0.05, 0.1) is 0 Å². The van der Waals surface area contributed by atoms with E-state index in [0.717, 1.165) is 30.0 Å². The van der Waals surface area contributed by atoms with E-state index in [4.69, 9.17) is 0 Å². The highest BCUT2D eigenvalue weighted by Crippen LogP contribution is 2.30. The SMILES string of the molecule is CC(C)CC1CCCC(NC2CCN(C)C(C)C2)C1. The number of nitrogens with one attached hydrogen (secondary N) is 1. The number of hydrogen-bond donors (Lipinski definition) is 1. The van der Waals surface area contributed by atoms with Gasteiger partial charge in [-0.15, -0.1) is 0 Å². The van der Waals surface area contributed by atoms with Crippen molar-refractivity contribution in [3.05, 3.63) is 0 Å². The van der Waals surface area contributed by atoms with Crippen LogP contribution in [0.4, 0.5) is 0 Å². The highest BCUT2D eigenvalue weighted by atomic mass is 15.1. The topological polar surface area (TPSA) is 15.3 Å². The lowest BCUT2D eigenvalue weighted by molar-refractivity contribution is 0.149. The van der Waals surface area contributed by atoms with Crippen molar-refractivity contribution < 1.29 is 0 Å². The molecule has 0 aromatic heterocycles. The Morgan fingerprint density at radius 2 is 1.84 bits per heavy atom. The number of likely N-dealkylation sites (tertiary alicyclic amines) is 1. The largest absolute Gasteiger partial charge is 0.311 e. The van der Waals surface area contributed by atoms with Gasteiger partial charge in [-0.2, -0.15) is 0 Å². The van der Waals surface area contributed by atoms with Crippen LogP contribution in [0.25, 0.3) is 0 Å². The van der Waals surface area contributed by atoms with Crippen LogP contribution >= 0.6 is 0 Å². The predicted octanol–water partition coefficient (Wildman–Crippen LogP) is 3.66. The zero-order valence-electron chi connectivity index (χ0n) is 13.5. The van der Waals surface area contributed by atoms with Crippen LogP contribution in [0.1, 0.15) is 65.7 Å². The Morgan fingerprint density at radius 3 is 2.53 bits per heavy atom. The van der Waals surface area contributed by atoms with Crippen LogP contribution in [-0.4, -0.2) is 36.6 Å². The fourth-order valence-electron chi connectivity index (χ4n) is 4.10. The lowest BCUT2D eigenvalue weighted by Crippen LogP contribution is -2.49. The maximum Gasteiger partial charge on any atom is 0.00966 e. The summed E-state index contributed by atoms with van der Waals surface area (Å²) in [4.78, 5) is 2.50. The Labute approximate surface area is 120 Å². The van der Waals surface area contributed by atoms with E-state index < -0.39 is 0 Å². The van der Waals surface area contributed by atoms with E-state index in [-0.39, 0.29) is 0 Å². The van der Waals surface area contributed by atoms with Crippen molar-refractivity contribution in [2.75, 3.05) is 13.6 Å². The van der Waals surface area contributed by atoms with Gasteiger partial charge in [-0.3, -0.25) is 0 Å². The van der Waals surface area contributed by atoms with Crippen LogP contribution in [0.2, 0.25) is 0 Å². The molecule has 0 spiro atoms. The van der Waals surface area contributed by atoms with Crippen molar-refractivity contribution in [3.63, 3.8) is 0 Å². The van der Waals surface area contributed by atoms with Crippen LogP contribution in [-0.2, 0) is 0 Å². The number of nitrogens with zero attached hydrogens (tertiary/aromatic N) is 1. The van der Waals surface area contributed by atoms with Gasteiger partial charge < -0.3 is 10.2 Å². The Bertz CT molecular complexity index is 264. The molecule has 1 saturated heterocycles. The van der Waals surface area contributed by atoms with E-state index >= 15 is 0 Å². The van der Waals surface area contributed by atoms with Crippen molar-refractivity contribution >= 4 is 0 Å². The molecule has 1 aliphatic heterocycles. The first-order valence-electron chi connectivity index (χ1n) is 8.51. The summed E-state index contributed by atoms with van der Waals surface area (Å²) in [6.45, 7) is 8.38. The van der Waals surface area contributed by atoms with E-state index in [9.17, 15) is 0 Å². The normalized spacial score (nSPS) is 37.7. The molecule has 112 valence electrons. The average Bonchev–Trinajstić information content (AvgIpc) is 2.33. The second-order valence-corrected chi connectivity index (χ2v) is 7.58. The number of rotatable bonds is 4. The molecule has 2 fully saturated rings. The summed E-state index contributed by atoms with van der Waals surface area (Å²) in [7, 11) is 2.26. The standard InChI is InChI=1S/C17H34N2/c1-13(2)10-15-6-5-7-16(12-15)18-17-8-9-19(4)14(3)11-17/h13-18H,5-12H2,1-4H3. The summed E-state index contributed by atoms with van der Waals surface area (Å²) in [5.41, 5.74) is 0. The van der Waals surface area contributed by atoms with Gasteiger partial charge in [0.1, 0.15) is 0 Å². The van der Waals surface area contributed by atoms with Crippen LogP contribution < -0.4 is 5.32 Å². The van der Waals surface area contributed by atoms with E-state index in [1.165, 1.54) is 51.5 Å². The molecule has 0 bridgehead atoms. The minimum atomic E-state index is 0.751. The summed E-state index contributed by atoms with van der Waals surface area (Å²) in [5, 5.41) is 3.99. The van der Waals surface area contributed by atoms with Crippen molar-refractivity contribution in [1.29, 1.82) is 0 Å². The van der Waals surface area contributed by atoms with Crippen LogP contribution in [0.15, 0.2) is 0 Å². The third kappa shape index (κ3) is 4.75. The molecule has 1 aliphatic carbocycles. The first kappa shape index (κ1) is 15.3. The molecular weight excluding hydrogens is 232 g/mol. The monoisotopic (exact) mass is 266 g/mol. The zero-order chi connectivity index (χ0) is 13.8. The van der Waals surface area contributed by atoms with E-state index in [2.05, 4.69) is 38.0 Å². The lowest BCUT2D eigenvalue weighted by Gasteiger charge is -2.39. The minimum Gasteiger partial charge on any atom is -0.311 e. The zero-order valence-corrected chi connectivity index (χ0v) is 13.5. The van der Waals surface area contributed by atoms with Gasteiger partial charge in [-0.05, 0) is 64.5 Å². The van der Waals surface area contributed by atoms with Crippen molar-refractivity contribution in [3.8, 4) is 0 Å². The van der Waals surface area contributed by atoms with Gasteiger partial charge in [-0.25, -0.2) is 0 Å². The molecule has 1 saturated carbocycles. The van der Waals surface area contributed by atoms with Crippen LogP contribution in [0, 0.1) is 11.8 Å². The Morgan fingerprint density at radius 1 is 1.11 bits per heavy atom. The van der Waals surface area contributed by atoms with Crippen LogP contribution in [0.3, 0.4) is 0 Å². The molecule has 2 heteroatoms. The quantitative estimate of drug-likeness (QED) is 0.835. The molecule has 2 rings (SSSR count). The molecule has 2 aliphatic rings. The highest BCUT2D eigenvalue weighted by Gasteiger charge is 2.27. The summed E-state index contributed by atoms with van der Waals surface area (Å²) in [6.07, 6.45) is 9.86. The summed E-state index contributed by atoms with van der Waals surface area (Å²) >= 11 is 0. The van der Waals surface area contributed by atoms with E-state index in [1.807, 2.05) is 0 Å². The van der Waals surface area contributed by atoms with Crippen LogP contribution in [0.5, 0.6) is 0 Å². The molecule has 1 N–H and O–H groups in total. The van der Waals surface area contributed by atoms with E-state index in [1.54, 1.807) is 0 Å². The second kappa shape index (κ2) is 7.08. The molecule has 0 radical (unpaired) electrons. The number of piperidine rings is 1. The summed E-state index contributed by atoms with van der Waals surface area (Å²) < 4.78 is 0. The van der Waals surface area contributed by atoms with Gasteiger partial charge >= 0.3 is 0 Å². The molecule has 0 amide bonds. The van der Waals surface area contributed by atoms with Crippen molar-refractivity contribution in [1.82, 2.24) is 10.2 Å². The molecule has 2 nitrogen and oxygen atoms in total. The molecule has 0 aromatic carbocycles. The third-order valence-corrected chi connectivity index (χ3v) is 5.27. The average molecular weight is 266 g/mol. The molecule has 0 aromatic rings. The first-order valence-corrected chi connectivity index (χ1v) is 8.51.